The van der Waals surface area contributed by atoms with Crippen molar-refractivity contribution in [3.05, 3.63) is 34.8 Å². The van der Waals surface area contributed by atoms with Crippen LogP contribution < -0.4 is 4.74 Å². The fourth-order valence-electron chi connectivity index (χ4n) is 2.29. The molecule has 1 heterocycles. The number of methoxy groups -OCH3 is 1. The lowest BCUT2D eigenvalue weighted by molar-refractivity contribution is 0.100. The maximum Gasteiger partial charge on any atom is 0.194 e. The van der Waals surface area contributed by atoms with E-state index in [-0.39, 0.29) is 5.78 Å². The first kappa shape index (κ1) is 13.3. The number of Topliss-reactive ketones (excluding diaryl/α,β-unsaturated/α-hetero) is 1. The van der Waals surface area contributed by atoms with Gasteiger partial charge in [-0.1, -0.05) is 0 Å². The van der Waals surface area contributed by atoms with Crippen molar-refractivity contribution in [1.82, 2.24) is 9.97 Å². The van der Waals surface area contributed by atoms with E-state index in [4.69, 9.17) is 4.74 Å². The first-order valence-corrected chi connectivity index (χ1v) is 6.16. The third-order valence-corrected chi connectivity index (χ3v) is 3.43. The lowest BCUT2D eigenvalue weighted by atomic mass is 9.97. The average Bonchev–Trinajstić information content (AvgIpc) is 2.84. The number of H-pyrrole nitrogens is 1. The van der Waals surface area contributed by atoms with Gasteiger partial charge in [-0.05, 0) is 43.5 Å². The second kappa shape index (κ2) is 4.88. The van der Waals surface area contributed by atoms with Gasteiger partial charge in [0, 0.05) is 12.5 Å². The monoisotopic (exact) mass is 258 g/mol. The van der Waals surface area contributed by atoms with E-state index in [9.17, 15) is 4.79 Å². The van der Waals surface area contributed by atoms with Crippen molar-refractivity contribution in [3.63, 3.8) is 0 Å². The number of aryl methyl sites for hydroxylation is 1. The Morgan fingerprint density at radius 2 is 1.95 bits per heavy atom. The molecule has 0 radical (unpaired) electrons. The van der Waals surface area contributed by atoms with Crippen LogP contribution in [-0.2, 0) is 0 Å². The minimum atomic E-state index is -0.0640. The van der Waals surface area contributed by atoms with E-state index in [1.54, 1.807) is 13.3 Å². The van der Waals surface area contributed by atoms with Crippen molar-refractivity contribution in [2.24, 2.45) is 0 Å². The highest BCUT2D eigenvalue weighted by atomic mass is 16.5. The van der Waals surface area contributed by atoms with E-state index < -0.39 is 0 Å². The summed E-state index contributed by atoms with van der Waals surface area (Å²) in [4.78, 5) is 18.5. The number of aromatic amines is 1. The molecular weight excluding hydrogens is 240 g/mol. The Bertz CT molecular complexity index is 642. The van der Waals surface area contributed by atoms with E-state index in [1.807, 2.05) is 20.8 Å². The third-order valence-electron chi connectivity index (χ3n) is 3.43. The van der Waals surface area contributed by atoms with Gasteiger partial charge in [0.1, 0.15) is 5.75 Å². The quantitative estimate of drug-likeness (QED) is 0.860. The van der Waals surface area contributed by atoms with Crippen LogP contribution in [0.1, 0.15) is 34.2 Å². The van der Waals surface area contributed by atoms with Crippen LogP contribution in [0, 0.1) is 20.8 Å². The maximum atomic E-state index is 11.3. The van der Waals surface area contributed by atoms with Gasteiger partial charge in [0.15, 0.2) is 11.6 Å². The molecule has 0 aliphatic rings. The van der Waals surface area contributed by atoms with Crippen molar-refractivity contribution >= 4 is 5.78 Å². The molecule has 0 saturated carbocycles. The normalized spacial score (nSPS) is 10.6. The van der Waals surface area contributed by atoms with Gasteiger partial charge in [0.05, 0.1) is 19.0 Å². The maximum absolute atomic E-state index is 11.3. The van der Waals surface area contributed by atoms with Gasteiger partial charge in [0.25, 0.3) is 0 Å². The molecule has 4 nitrogen and oxygen atoms in total. The lowest BCUT2D eigenvalue weighted by Crippen LogP contribution is -1.97. The van der Waals surface area contributed by atoms with Crippen LogP contribution in [0.15, 0.2) is 12.3 Å². The van der Waals surface area contributed by atoms with Gasteiger partial charge < -0.3 is 9.72 Å². The van der Waals surface area contributed by atoms with E-state index in [0.717, 1.165) is 33.7 Å². The van der Waals surface area contributed by atoms with Crippen LogP contribution in [0.4, 0.5) is 0 Å². The van der Waals surface area contributed by atoms with Crippen molar-refractivity contribution < 1.29 is 9.53 Å². The largest absolute Gasteiger partial charge is 0.496 e. The molecule has 0 aliphatic heterocycles. The second-order valence-electron chi connectivity index (χ2n) is 4.73. The standard InChI is InChI=1S/C15H18N2O2/c1-8-6-12(9(2)10(3)14(8)19-5)13-7-16-15(17-13)11(4)18/h6-7H,1-5H3,(H,16,17). The number of rotatable bonds is 3. The molecule has 100 valence electrons. The highest BCUT2D eigenvalue weighted by Crippen LogP contribution is 2.33. The average molecular weight is 258 g/mol. The van der Waals surface area contributed by atoms with Gasteiger partial charge in [-0.3, -0.25) is 4.79 Å². The molecule has 0 amide bonds. The summed E-state index contributed by atoms with van der Waals surface area (Å²) in [5.41, 5.74) is 5.21. The van der Waals surface area contributed by atoms with Gasteiger partial charge >= 0.3 is 0 Å². The minimum absolute atomic E-state index is 0.0640. The number of aromatic nitrogens is 2. The second-order valence-corrected chi connectivity index (χ2v) is 4.73. The zero-order chi connectivity index (χ0) is 14.2. The fraction of sp³-hybridized carbons (Fsp3) is 0.333. The summed E-state index contributed by atoms with van der Waals surface area (Å²) in [5.74, 6) is 1.24. The summed E-state index contributed by atoms with van der Waals surface area (Å²) in [6.07, 6.45) is 1.70. The summed E-state index contributed by atoms with van der Waals surface area (Å²) >= 11 is 0. The minimum Gasteiger partial charge on any atom is -0.496 e. The number of nitrogens with zero attached hydrogens (tertiary/aromatic N) is 1. The van der Waals surface area contributed by atoms with Crippen molar-refractivity contribution in [2.75, 3.05) is 7.11 Å². The highest BCUT2D eigenvalue weighted by molar-refractivity contribution is 5.91. The Hall–Kier alpha value is -2.10. The molecule has 2 rings (SSSR count). The van der Waals surface area contributed by atoms with Gasteiger partial charge in [-0.2, -0.15) is 0 Å². The molecule has 0 aliphatic carbocycles. The predicted molar refractivity (Wildman–Crippen MR) is 74.8 cm³/mol. The molecule has 0 bridgehead atoms. The summed E-state index contributed by atoms with van der Waals surface area (Å²) in [6, 6.07) is 2.05. The number of nitrogens with one attached hydrogen (secondary N) is 1. The first-order chi connectivity index (χ1) is 8.95. The van der Waals surface area contributed by atoms with Crippen LogP contribution in [0.2, 0.25) is 0 Å². The van der Waals surface area contributed by atoms with Crippen LogP contribution in [0.3, 0.4) is 0 Å². The SMILES string of the molecule is COc1c(C)cc(-c2cnc(C(C)=O)[nH]2)c(C)c1C. The highest BCUT2D eigenvalue weighted by Gasteiger charge is 2.14. The number of ether oxygens (including phenoxy) is 1. The van der Waals surface area contributed by atoms with Gasteiger partial charge in [-0.25, -0.2) is 4.98 Å². The van der Waals surface area contributed by atoms with Crippen LogP contribution in [-0.4, -0.2) is 22.9 Å². The van der Waals surface area contributed by atoms with Crippen molar-refractivity contribution in [3.8, 4) is 17.0 Å². The molecule has 1 aromatic carbocycles. The molecular formula is C15H18N2O2. The first-order valence-electron chi connectivity index (χ1n) is 6.16. The molecule has 0 spiro atoms. The predicted octanol–water partition coefficient (Wildman–Crippen LogP) is 3.21. The molecule has 2 aromatic rings. The van der Waals surface area contributed by atoms with Gasteiger partial charge in [-0.15, -0.1) is 0 Å². The van der Waals surface area contributed by atoms with Crippen LogP contribution >= 0.6 is 0 Å². The van der Waals surface area contributed by atoms with Gasteiger partial charge in [0.2, 0.25) is 0 Å². The number of hydrogen-bond acceptors (Lipinski definition) is 3. The number of imidazole rings is 1. The summed E-state index contributed by atoms with van der Waals surface area (Å²) < 4.78 is 5.41. The van der Waals surface area contributed by atoms with Crippen LogP contribution in [0.25, 0.3) is 11.3 Å². The summed E-state index contributed by atoms with van der Waals surface area (Å²) in [6.45, 7) is 7.59. The zero-order valence-corrected chi connectivity index (χ0v) is 11.9. The molecule has 0 atom stereocenters. The number of benzene rings is 1. The van der Waals surface area contributed by atoms with E-state index in [1.165, 1.54) is 6.92 Å². The summed E-state index contributed by atoms with van der Waals surface area (Å²) in [5, 5.41) is 0. The Kier molecular flexibility index (Phi) is 3.42. The molecule has 0 fully saturated rings. The Morgan fingerprint density at radius 3 is 2.47 bits per heavy atom. The number of ketones is 1. The van der Waals surface area contributed by atoms with E-state index >= 15 is 0 Å². The Morgan fingerprint density at radius 1 is 1.26 bits per heavy atom. The van der Waals surface area contributed by atoms with Crippen molar-refractivity contribution in [2.45, 2.75) is 27.7 Å². The zero-order valence-electron chi connectivity index (χ0n) is 11.9. The van der Waals surface area contributed by atoms with E-state index in [0.29, 0.717) is 5.82 Å². The Labute approximate surface area is 112 Å². The fourth-order valence-corrected chi connectivity index (χ4v) is 2.29. The molecule has 19 heavy (non-hydrogen) atoms. The molecule has 0 saturated heterocycles. The third kappa shape index (κ3) is 2.26. The van der Waals surface area contributed by atoms with Crippen LogP contribution in [0.5, 0.6) is 5.75 Å². The molecule has 0 unspecified atom stereocenters. The topological polar surface area (TPSA) is 55.0 Å². The Balaban J connectivity index is 2.59. The number of carbonyl (C=O) groups is 1. The molecule has 4 heteroatoms. The summed E-state index contributed by atoms with van der Waals surface area (Å²) in [7, 11) is 1.68. The molecule has 1 aromatic heterocycles. The number of carbonyl (C=O) groups excluding carboxylic acids is 1. The lowest BCUT2D eigenvalue weighted by Gasteiger charge is -2.14. The van der Waals surface area contributed by atoms with E-state index in [2.05, 4.69) is 16.0 Å². The van der Waals surface area contributed by atoms with Crippen molar-refractivity contribution in [1.29, 1.82) is 0 Å². The smallest absolute Gasteiger partial charge is 0.194 e. The molecule has 1 N–H and O–H groups in total. The number of hydrogen-bond donors (Lipinski definition) is 1.